The van der Waals surface area contributed by atoms with Gasteiger partial charge in [0.25, 0.3) is 6.10 Å². The number of hydrogen-bond acceptors (Lipinski definition) is 3. The molecule has 0 unspecified atom stereocenters. The summed E-state index contributed by atoms with van der Waals surface area (Å²) in [7, 11) is 1.08. The van der Waals surface area contributed by atoms with E-state index in [1.807, 2.05) is 0 Å². The predicted molar refractivity (Wildman–Crippen MR) is 49.2 cm³/mol. The number of ether oxygens (including phenoxy) is 1. The zero-order valence-corrected chi connectivity index (χ0v) is 9.60. The van der Waals surface area contributed by atoms with Crippen molar-refractivity contribution in [2.75, 3.05) is 0 Å². The maximum Gasteiger partial charge on any atom is 0.434 e. The van der Waals surface area contributed by atoms with E-state index in [0.29, 0.717) is 4.68 Å². The van der Waals surface area contributed by atoms with Crippen molar-refractivity contribution in [1.82, 2.24) is 9.78 Å². The third-order valence-corrected chi connectivity index (χ3v) is 2.11. The summed E-state index contributed by atoms with van der Waals surface area (Å²) in [5, 5.41) is 12.2. The highest BCUT2D eigenvalue weighted by Gasteiger charge is 2.59. The van der Waals surface area contributed by atoms with Crippen LogP contribution in [0.5, 0.6) is 5.88 Å². The Morgan fingerprint density at radius 1 is 1.21 bits per heavy atom. The molecule has 106 valence electrons. The van der Waals surface area contributed by atoms with Gasteiger partial charge in [-0.05, 0) is 6.92 Å². The second-order valence-electron chi connectivity index (χ2n) is 3.58. The molecule has 0 aliphatic heterocycles. The van der Waals surface area contributed by atoms with Crippen LogP contribution in [0.25, 0.3) is 0 Å². The van der Waals surface area contributed by atoms with E-state index in [-0.39, 0.29) is 5.69 Å². The molecule has 19 heavy (non-hydrogen) atoms. The molecule has 0 aliphatic rings. The van der Waals surface area contributed by atoms with Crippen LogP contribution in [0.3, 0.4) is 0 Å². The van der Waals surface area contributed by atoms with Gasteiger partial charge in [-0.15, -0.1) is 0 Å². The molecular formula is C9H7F6N3O. The molecule has 0 atom stereocenters. The van der Waals surface area contributed by atoms with E-state index >= 15 is 0 Å². The van der Waals surface area contributed by atoms with Crippen molar-refractivity contribution >= 4 is 0 Å². The van der Waals surface area contributed by atoms with Gasteiger partial charge in [0.2, 0.25) is 5.88 Å². The van der Waals surface area contributed by atoms with Gasteiger partial charge in [-0.1, -0.05) is 0 Å². The first-order chi connectivity index (χ1) is 8.48. The summed E-state index contributed by atoms with van der Waals surface area (Å²) in [6.07, 6.45) is -15.3. The first kappa shape index (κ1) is 15.1. The molecule has 0 aromatic carbocycles. The predicted octanol–water partition coefficient (Wildman–Crippen LogP) is 2.47. The smallest absolute Gasteiger partial charge is 0.434 e. The molecule has 1 heterocycles. The van der Waals surface area contributed by atoms with Gasteiger partial charge < -0.3 is 4.74 Å². The van der Waals surface area contributed by atoms with Crippen LogP contribution in [-0.4, -0.2) is 28.2 Å². The van der Waals surface area contributed by atoms with Gasteiger partial charge in [0, 0.05) is 7.05 Å². The summed E-state index contributed by atoms with van der Waals surface area (Å²) < 4.78 is 78.5. The van der Waals surface area contributed by atoms with Crippen molar-refractivity contribution in [3.05, 3.63) is 11.3 Å². The third kappa shape index (κ3) is 3.10. The number of nitriles is 1. The summed E-state index contributed by atoms with van der Waals surface area (Å²) in [6.45, 7) is 1.27. The van der Waals surface area contributed by atoms with Gasteiger partial charge in [-0.3, -0.25) is 0 Å². The molecule has 0 spiro atoms. The Kier molecular flexibility index (Phi) is 3.70. The summed E-state index contributed by atoms with van der Waals surface area (Å²) >= 11 is 0. The Balaban J connectivity index is 3.23. The molecule has 0 bridgehead atoms. The van der Waals surface area contributed by atoms with Crippen LogP contribution in [0.4, 0.5) is 26.3 Å². The zero-order valence-electron chi connectivity index (χ0n) is 9.60. The van der Waals surface area contributed by atoms with Gasteiger partial charge in [-0.25, -0.2) is 4.68 Å². The lowest BCUT2D eigenvalue weighted by Gasteiger charge is -2.23. The molecule has 0 amide bonds. The second-order valence-corrected chi connectivity index (χ2v) is 3.58. The molecule has 1 aromatic rings. The topological polar surface area (TPSA) is 50.8 Å². The number of halogens is 6. The van der Waals surface area contributed by atoms with Gasteiger partial charge in [0.1, 0.15) is 11.6 Å². The molecule has 0 radical (unpaired) electrons. The first-order valence-corrected chi connectivity index (χ1v) is 4.72. The lowest BCUT2D eigenvalue weighted by Crippen LogP contribution is -2.47. The fraction of sp³-hybridized carbons (Fsp3) is 0.556. The second kappa shape index (κ2) is 4.64. The van der Waals surface area contributed by atoms with E-state index < -0.39 is 29.9 Å². The molecule has 4 nitrogen and oxygen atoms in total. The molecule has 0 fully saturated rings. The SMILES string of the molecule is Cc1nn(C)c(OC(C(F)(F)F)C(F)(F)F)c1C#N. The summed E-state index contributed by atoms with van der Waals surface area (Å²) in [5.41, 5.74) is -0.496. The van der Waals surface area contributed by atoms with Crippen LogP contribution in [0, 0.1) is 18.3 Å². The van der Waals surface area contributed by atoms with Crippen LogP contribution < -0.4 is 4.74 Å². The van der Waals surface area contributed by atoms with Crippen molar-refractivity contribution in [1.29, 1.82) is 5.26 Å². The fourth-order valence-corrected chi connectivity index (χ4v) is 1.33. The van der Waals surface area contributed by atoms with Crippen LogP contribution in [0.15, 0.2) is 0 Å². The van der Waals surface area contributed by atoms with Crippen molar-refractivity contribution in [3.63, 3.8) is 0 Å². The Hall–Kier alpha value is -1.92. The fourth-order valence-electron chi connectivity index (χ4n) is 1.33. The van der Waals surface area contributed by atoms with E-state index in [0.717, 1.165) is 7.05 Å². The van der Waals surface area contributed by atoms with Gasteiger partial charge in [0.15, 0.2) is 0 Å². The standard InChI is InChI=1S/C9H7F6N3O/c1-4-5(3-16)6(18(2)17-4)19-7(8(10,11)12)9(13,14)15/h7H,1-2H3. The highest BCUT2D eigenvalue weighted by molar-refractivity contribution is 5.42. The molecule has 1 aromatic heterocycles. The average molecular weight is 287 g/mol. The Labute approximate surface area is 103 Å². The maximum atomic E-state index is 12.3. The minimum absolute atomic E-state index is 0.0249. The lowest BCUT2D eigenvalue weighted by atomic mass is 10.2. The molecule has 1 rings (SSSR count). The van der Waals surface area contributed by atoms with E-state index in [4.69, 9.17) is 5.26 Å². The van der Waals surface area contributed by atoms with Gasteiger partial charge in [0.05, 0.1) is 5.69 Å². The minimum atomic E-state index is -5.65. The largest absolute Gasteiger partial charge is 0.454 e. The van der Waals surface area contributed by atoms with Crippen LogP contribution in [0.1, 0.15) is 11.3 Å². The zero-order chi connectivity index (χ0) is 15.0. The molecular weight excluding hydrogens is 280 g/mol. The van der Waals surface area contributed by atoms with E-state index in [9.17, 15) is 26.3 Å². The first-order valence-electron chi connectivity index (χ1n) is 4.72. The van der Waals surface area contributed by atoms with Crippen molar-refractivity contribution in [2.24, 2.45) is 7.05 Å². The van der Waals surface area contributed by atoms with E-state index in [1.54, 1.807) is 0 Å². The number of alkyl halides is 6. The normalized spacial score (nSPS) is 12.6. The number of aryl methyl sites for hydroxylation is 2. The molecule has 10 heteroatoms. The van der Waals surface area contributed by atoms with Crippen LogP contribution in [0.2, 0.25) is 0 Å². The van der Waals surface area contributed by atoms with Gasteiger partial charge in [-0.2, -0.15) is 36.7 Å². The van der Waals surface area contributed by atoms with Crippen molar-refractivity contribution in [2.45, 2.75) is 25.4 Å². The Morgan fingerprint density at radius 3 is 2.05 bits per heavy atom. The minimum Gasteiger partial charge on any atom is -0.454 e. The number of hydrogen-bond donors (Lipinski definition) is 0. The number of nitrogens with zero attached hydrogens (tertiary/aromatic N) is 3. The van der Waals surface area contributed by atoms with Crippen molar-refractivity contribution in [3.8, 4) is 11.9 Å². The van der Waals surface area contributed by atoms with Crippen molar-refractivity contribution < 1.29 is 31.1 Å². The van der Waals surface area contributed by atoms with Crippen LogP contribution >= 0.6 is 0 Å². The number of rotatable bonds is 2. The Bertz CT molecular complexity index is 496. The highest BCUT2D eigenvalue weighted by atomic mass is 19.4. The van der Waals surface area contributed by atoms with Gasteiger partial charge >= 0.3 is 12.4 Å². The highest BCUT2D eigenvalue weighted by Crippen LogP contribution is 2.37. The van der Waals surface area contributed by atoms with Crippen LogP contribution in [-0.2, 0) is 7.05 Å². The van der Waals surface area contributed by atoms with E-state index in [2.05, 4.69) is 9.84 Å². The average Bonchev–Trinajstić information content (AvgIpc) is 2.45. The molecule has 0 aliphatic carbocycles. The quantitative estimate of drug-likeness (QED) is 0.785. The summed E-state index contributed by atoms with van der Waals surface area (Å²) in [6, 6.07) is 1.45. The Morgan fingerprint density at radius 2 is 1.68 bits per heavy atom. The molecule has 0 saturated heterocycles. The van der Waals surface area contributed by atoms with E-state index in [1.165, 1.54) is 13.0 Å². The number of aromatic nitrogens is 2. The molecule has 0 N–H and O–H groups in total. The lowest BCUT2D eigenvalue weighted by molar-refractivity contribution is -0.300. The monoisotopic (exact) mass is 287 g/mol. The maximum absolute atomic E-state index is 12.3. The molecule has 0 saturated carbocycles. The summed E-state index contributed by atoms with van der Waals surface area (Å²) in [5.74, 6) is -0.875. The third-order valence-electron chi connectivity index (χ3n) is 2.11. The summed E-state index contributed by atoms with van der Waals surface area (Å²) in [4.78, 5) is 0.